The second kappa shape index (κ2) is 7.64. The van der Waals surface area contributed by atoms with E-state index >= 15 is 0 Å². The van der Waals surface area contributed by atoms with E-state index in [1.165, 1.54) is 19.2 Å². The van der Waals surface area contributed by atoms with Crippen molar-refractivity contribution in [1.29, 1.82) is 0 Å². The summed E-state index contributed by atoms with van der Waals surface area (Å²) >= 11 is 3.17. The number of benzene rings is 2. The van der Waals surface area contributed by atoms with Gasteiger partial charge in [-0.2, -0.15) is 0 Å². The molecule has 23 heavy (non-hydrogen) atoms. The Balaban J connectivity index is 2.04. The van der Waals surface area contributed by atoms with Gasteiger partial charge in [0.1, 0.15) is 0 Å². The lowest BCUT2D eigenvalue weighted by Gasteiger charge is -2.13. The third kappa shape index (κ3) is 4.46. The van der Waals surface area contributed by atoms with Crippen LogP contribution in [0.3, 0.4) is 0 Å². The Hall–Kier alpha value is -2.54. The fourth-order valence-electron chi connectivity index (χ4n) is 1.86. The number of hydrogen-bond donors (Lipinski definition) is 1. The van der Waals surface area contributed by atoms with Crippen molar-refractivity contribution in [3.63, 3.8) is 0 Å². The maximum Gasteiger partial charge on any atom is 0.262 e. The predicted molar refractivity (Wildman–Crippen MR) is 85.6 cm³/mol. The van der Waals surface area contributed by atoms with E-state index in [2.05, 4.69) is 21.2 Å². The molecule has 0 saturated heterocycles. The van der Waals surface area contributed by atoms with E-state index < -0.39 is 11.9 Å². The van der Waals surface area contributed by atoms with Crippen LogP contribution in [-0.4, -0.2) is 25.6 Å². The maximum absolute atomic E-state index is 11.9. The molecule has 2 aromatic rings. The smallest absolute Gasteiger partial charge is 0.262 e. The highest BCUT2D eigenvalue weighted by molar-refractivity contribution is 9.10. The highest BCUT2D eigenvalue weighted by Gasteiger charge is 2.10. The van der Waals surface area contributed by atoms with Crippen molar-refractivity contribution >= 4 is 33.5 Å². The molecule has 1 amide bonds. The van der Waals surface area contributed by atoms with E-state index in [4.69, 9.17) is 9.47 Å². The first-order valence-electron chi connectivity index (χ1n) is 6.58. The number of carboxylic acid groups (broad SMARTS) is 1. The van der Waals surface area contributed by atoms with Crippen LogP contribution in [0.5, 0.6) is 11.5 Å². The van der Waals surface area contributed by atoms with Crippen LogP contribution in [0, 0.1) is 0 Å². The van der Waals surface area contributed by atoms with Gasteiger partial charge in [-0.25, -0.2) is 0 Å². The Morgan fingerprint density at radius 2 is 1.87 bits per heavy atom. The second-order valence-corrected chi connectivity index (χ2v) is 5.38. The Morgan fingerprint density at radius 1 is 1.17 bits per heavy atom. The van der Waals surface area contributed by atoms with E-state index in [1.807, 2.05) is 0 Å². The van der Waals surface area contributed by atoms with Crippen LogP contribution < -0.4 is 19.9 Å². The van der Waals surface area contributed by atoms with Gasteiger partial charge >= 0.3 is 0 Å². The van der Waals surface area contributed by atoms with E-state index in [1.54, 1.807) is 30.3 Å². The van der Waals surface area contributed by atoms with Gasteiger partial charge in [0.05, 0.1) is 13.1 Å². The summed E-state index contributed by atoms with van der Waals surface area (Å²) in [6, 6.07) is 11.3. The lowest BCUT2D eigenvalue weighted by Crippen LogP contribution is -2.26. The number of ether oxygens (including phenoxy) is 2. The zero-order chi connectivity index (χ0) is 16.8. The maximum atomic E-state index is 11.9. The zero-order valence-corrected chi connectivity index (χ0v) is 13.8. The SMILES string of the molecule is COc1ccccc1OCC(=O)Nc1ccc(Br)cc1C(=O)[O-]. The number of rotatable bonds is 6. The number of amides is 1. The van der Waals surface area contributed by atoms with Crippen molar-refractivity contribution in [2.75, 3.05) is 19.0 Å². The summed E-state index contributed by atoms with van der Waals surface area (Å²) in [6.45, 7) is -0.289. The molecule has 0 fully saturated rings. The van der Waals surface area contributed by atoms with Crippen molar-refractivity contribution < 1.29 is 24.2 Å². The van der Waals surface area contributed by atoms with Gasteiger partial charge < -0.3 is 24.7 Å². The van der Waals surface area contributed by atoms with Crippen LogP contribution in [-0.2, 0) is 4.79 Å². The molecule has 0 radical (unpaired) electrons. The Kier molecular flexibility index (Phi) is 5.59. The molecule has 0 bridgehead atoms. The lowest BCUT2D eigenvalue weighted by molar-refractivity contribution is -0.254. The number of para-hydroxylation sites is 2. The van der Waals surface area contributed by atoms with E-state index in [0.717, 1.165) is 0 Å². The summed E-state index contributed by atoms with van der Waals surface area (Å²) in [7, 11) is 1.50. The van der Waals surface area contributed by atoms with Crippen LogP contribution in [0.1, 0.15) is 10.4 Å². The summed E-state index contributed by atoms with van der Waals surface area (Å²) in [5.74, 6) is -0.964. The summed E-state index contributed by atoms with van der Waals surface area (Å²) in [5, 5.41) is 13.6. The molecule has 1 N–H and O–H groups in total. The second-order valence-electron chi connectivity index (χ2n) is 4.47. The van der Waals surface area contributed by atoms with Crippen LogP contribution in [0.25, 0.3) is 0 Å². The molecule has 2 rings (SSSR count). The largest absolute Gasteiger partial charge is 0.545 e. The number of hydrogen-bond acceptors (Lipinski definition) is 5. The average Bonchev–Trinajstić information content (AvgIpc) is 2.54. The number of carboxylic acids is 1. The number of carbonyl (C=O) groups excluding carboxylic acids is 2. The van der Waals surface area contributed by atoms with Crippen molar-refractivity contribution in [3.05, 3.63) is 52.5 Å². The Bertz CT molecular complexity index is 732. The van der Waals surface area contributed by atoms with Gasteiger partial charge in [-0.1, -0.05) is 28.1 Å². The van der Waals surface area contributed by atoms with Crippen LogP contribution in [0.15, 0.2) is 46.9 Å². The molecule has 0 aromatic heterocycles. The number of carbonyl (C=O) groups is 2. The summed E-state index contributed by atoms with van der Waals surface area (Å²) in [5.41, 5.74) is 0.0202. The quantitative estimate of drug-likeness (QED) is 0.828. The fourth-order valence-corrected chi connectivity index (χ4v) is 2.22. The Morgan fingerprint density at radius 3 is 2.52 bits per heavy atom. The van der Waals surface area contributed by atoms with Gasteiger partial charge in [0.15, 0.2) is 18.1 Å². The van der Waals surface area contributed by atoms with Crippen LogP contribution >= 0.6 is 15.9 Å². The number of methoxy groups -OCH3 is 1. The van der Waals surface area contributed by atoms with Crippen LogP contribution in [0.2, 0.25) is 0 Å². The zero-order valence-electron chi connectivity index (χ0n) is 12.2. The van der Waals surface area contributed by atoms with Gasteiger partial charge in [-0.15, -0.1) is 0 Å². The van der Waals surface area contributed by atoms with Crippen molar-refractivity contribution in [1.82, 2.24) is 0 Å². The molecular formula is C16H13BrNO5-. The highest BCUT2D eigenvalue weighted by atomic mass is 79.9. The molecular weight excluding hydrogens is 366 g/mol. The topological polar surface area (TPSA) is 87.7 Å². The molecule has 6 nitrogen and oxygen atoms in total. The average molecular weight is 379 g/mol. The van der Waals surface area contributed by atoms with Crippen molar-refractivity contribution in [3.8, 4) is 11.5 Å². The molecule has 7 heteroatoms. The number of nitrogens with one attached hydrogen (secondary N) is 1. The van der Waals surface area contributed by atoms with E-state index in [0.29, 0.717) is 16.0 Å². The van der Waals surface area contributed by atoms with Gasteiger partial charge in [0.2, 0.25) is 0 Å². The molecule has 0 aliphatic heterocycles. The molecule has 0 saturated carbocycles. The summed E-state index contributed by atoms with van der Waals surface area (Å²) in [6.07, 6.45) is 0. The molecule has 0 aliphatic rings. The van der Waals surface area contributed by atoms with Gasteiger partial charge in [0.25, 0.3) is 5.91 Å². The lowest BCUT2D eigenvalue weighted by atomic mass is 10.2. The third-order valence-electron chi connectivity index (χ3n) is 2.90. The molecule has 120 valence electrons. The molecule has 0 aliphatic carbocycles. The summed E-state index contributed by atoms with van der Waals surface area (Å²) < 4.78 is 11.1. The minimum atomic E-state index is -1.38. The van der Waals surface area contributed by atoms with Gasteiger partial charge in [-0.3, -0.25) is 4.79 Å². The monoisotopic (exact) mass is 378 g/mol. The first kappa shape index (κ1) is 16.8. The van der Waals surface area contributed by atoms with Crippen molar-refractivity contribution in [2.45, 2.75) is 0 Å². The highest BCUT2D eigenvalue weighted by Crippen LogP contribution is 2.26. The molecule has 0 heterocycles. The first-order chi connectivity index (χ1) is 11.0. The number of halogens is 1. The van der Waals surface area contributed by atoms with Gasteiger partial charge in [-0.05, 0) is 30.3 Å². The van der Waals surface area contributed by atoms with E-state index in [9.17, 15) is 14.7 Å². The standard InChI is InChI=1S/C16H14BrNO5/c1-22-13-4-2-3-5-14(13)23-9-15(19)18-12-7-6-10(17)8-11(12)16(20)21/h2-8H,9H2,1H3,(H,18,19)(H,20,21)/p-1. The Labute approximate surface area is 141 Å². The molecule has 2 aromatic carbocycles. The molecule has 0 spiro atoms. The summed E-state index contributed by atoms with van der Waals surface area (Å²) in [4.78, 5) is 23.0. The number of aromatic carboxylic acids is 1. The normalized spacial score (nSPS) is 10.0. The number of anilines is 1. The third-order valence-corrected chi connectivity index (χ3v) is 3.40. The first-order valence-corrected chi connectivity index (χ1v) is 7.37. The minimum absolute atomic E-state index is 0.120. The fraction of sp³-hybridized carbons (Fsp3) is 0.125. The van der Waals surface area contributed by atoms with Crippen molar-refractivity contribution in [2.24, 2.45) is 0 Å². The van der Waals surface area contributed by atoms with Crippen LogP contribution in [0.4, 0.5) is 5.69 Å². The molecule has 0 unspecified atom stereocenters. The predicted octanol–water partition coefficient (Wildman–Crippen LogP) is 1.84. The van der Waals surface area contributed by atoms with E-state index in [-0.39, 0.29) is 17.9 Å². The van der Waals surface area contributed by atoms with Gasteiger partial charge in [0, 0.05) is 15.7 Å². The minimum Gasteiger partial charge on any atom is -0.545 e. The molecule has 0 atom stereocenters.